The highest BCUT2D eigenvalue weighted by molar-refractivity contribution is 8.01. The SMILES string of the molecule is Cc1ccc2nc(N3C(=O)c4cccnc4SC34CCCC4)sc2c1. The minimum atomic E-state index is -0.235. The van der Waals surface area contributed by atoms with Crippen LogP contribution in [0.2, 0.25) is 0 Å². The van der Waals surface area contributed by atoms with Crippen LogP contribution in [0.1, 0.15) is 41.6 Å². The van der Waals surface area contributed by atoms with Gasteiger partial charge in [-0.05, 0) is 49.6 Å². The molecule has 6 heteroatoms. The molecular weight excluding hydrogens is 350 g/mol. The van der Waals surface area contributed by atoms with Crippen LogP contribution in [0.4, 0.5) is 5.13 Å². The number of hydrogen-bond acceptors (Lipinski definition) is 5. The number of fused-ring (bicyclic) bond motifs is 2. The third-order valence-corrected chi connectivity index (χ3v) is 7.50. The Hall–Kier alpha value is -1.92. The largest absolute Gasteiger partial charge is 0.268 e. The molecular formula is C19H17N3OS2. The lowest BCUT2D eigenvalue weighted by Gasteiger charge is -2.42. The number of carbonyl (C=O) groups excluding carboxylic acids is 1. The molecule has 1 aliphatic heterocycles. The van der Waals surface area contributed by atoms with Gasteiger partial charge in [-0.2, -0.15) is 0 Å². The lowest BCUT2D eigenvalue weighted by molar-refractivity contribution is 0.0965. The molecule has 0 unspecified atom stereocenters. The van der Waals surface area contributed by atoms with Gasteiger partial charge in [0.1, 0.15) is 9.90 Å². The van der Waals surface area contributed by atoms with E-state index in [-0.39, 0.29) is 10.8 Å². The van der Waals surface area contributed by atoms with Crippen molar-refractivity contribution in [3.63, 3.8) is 0 Å². The summed E-state index contributed by atoms with van der Waals surface area (Å²) in [6.45, 7) is 2.08. The third kappa shape index (κ3) is 2.31. The first kappa shape index (κ1) is 15.3. The van der Waals surface area contributed by atoms with Gasteiger partial charge in [0, 0.05) is 6.20 Å². The van der Waals surface area contributed by atoms with Gasteiger partial charge in [0.25, 0.3) is 5.91 Å². The van der Waals surface area contributed by atoms with Gasteiger partial charge in [0.05, 0.1) is 15.8 Å². The second kappa shape index (κ2) is 5.54. The number of pyridine rings is 1. The molecule has 3 aromatic rings. The van der Waals surface area contributed by atoms with E-state index in [0.717, 1.165) is 46.1 Å². The standard InChI is InChI=1S/C19H17N3OS2/c1-12-6-7-14-15(11-12)24-18(21-14)22-17(23)13-5-4-10-20-16(13)25-19(22)8-2-3-9-19/h4-7,10-11H,2-3,8-9H2,1H3. The van der Waals surface area contributed by atoms with E-state index in [1.807, 2.05) is 23.1 Å². The summed E-state index contributed by atoms with van der Waals surface area (Å²) in [6.07, 6.45) is 6.05. The lowest BCUT2D eigenvalue weighted by atomic mass is 10.1. The van der Waals surface area contributed by atoms with E-state index >= 15 is 0 Å². The Morgan fingerprint density at radius 3 is 2.88 bits per heavy atom. The molecule has 5 rings (SSSR count). The minimum absolute atomic E-state index is 0.0412. The fraction of sp³-hybridized carbons (Fsp3) is 0.316. The Morgan fingerprint density at radius 2 is 2.04 bits per heavy atom. The van der Waals surface area contributed by atoms with Gasteiger partial charge in [-0.15, -0.1) is 0 Å². The summed E-state index contributed by atoms with van der Waals surface area (Å²) in [5.41, 5.74) is 2.88. The van der Waals surface area contributed by atoms with Crippen molar-refractivity contribution in [3.8, 4) is 0 Å². The van der Waals surface area contributed by atoms with E-state index in [2.05, 4.69) is 24.0 Å². The number of carbonyl (C=O) groups is 1. The van der Waals surface area contributed by atoms with Crippen molar-refractivity contribution in [2.45, 2.75) is 42.5 Å². The molecule has 1 spiro atoms. The fourth-order valence-electron chi connectivity index (χ4n) is 3.80. The predicted molar refractivity (Wildman–Crippen MR) is 102 cm³/mol. The average Bonchev–Trinajstić information content (AvgIpc) is 3.22. The summed E-state index contributed by atoms with van der Waals surface area (Å²) < 4.78 is 1.14. The molecule has 3 heterocycles. The Morgan fingerprint density at radius 1 is 1.20 bits per heavy atom. The second-order valence-electron chi connectivity index (χ2n) is 6.72. The molecule has 1 aliphatic carbocycles. The zero-order valence-corrected chi connectivity index (χ0v) is 15.5. The van der Waals surface area contributed by atoms with Crippen molar-refractivity contribution in [1.29, 1.82) is 0 Å². The number of rotatable bonds is 1. The summed E-state index contributed by atoms with van der Waals surface area (Å²) in [5, 5.41) is 1.68. The van der Waals surface area contributed by atoms with Crippen molar-refractivity contribution in [3.05, 3.63) is 47.7 Å². The molecule has 1 aromatic carbocycles. The van der Waals surface area contributed by atoms with Crippen LogP contribution in [0.25, 0.3) is 10.2 Å². The Balaban J connectivity index is 1.69. The minimum Gasteiger partial charge on any atom is -0.268 e. The molecule has 2 aromatic heterocycles. The molecule has 0 bridgehead atoms. The maximum Gasteiger partial charge on any atom is 0.264 e. The molecule has 0 saturated heterocycles. The Kier molecular flexibility index (Phi) is 3.40. The normalized spacial score (nSPS) is 18.9. The first-order valence-corrected chi connectivity index (χ1v) is 10.2. The van der Waals surface area contributed by atoms with E-state index in [0.29, 0.717) is 5.56 Å². The van der Waals surface area contributed by atoms with E-state index in [1.54, 1.807) is 29.3 Å². The zero-order valence-electron chi connectivity index (χ0n) is 13.9. The summed E-state index contributed by atoms with van der Waals surface area (Å²) in [6, 6.07) is 9.98. The van der Waals surface area contributed by atoms with Crippen LogP contribution >= 0.6 is 23.1 Å². The quantitative estimate of drug-likeness (QED) is 0.606. The molecule has 4 nitrogen and oxygen atoms in total. The molecule has 25 heavy (non-hydrogen) atoms. The number of anilines is 1. The third-order valence-electron chi connectivity index (χ3n) is 5.01. The van der Waals surface area contributed by atoms with Crippen molar-refractivity contribution in [2.24, 2.45) is 0 Å². The predicted octanol–water partition coefficient (Wildman–Crippen LogP) is 5.02. The van der Waals surface area contributed by atoms with Crippen LogP contribution in [0.5, 0.6) is 0 Å². The maximum atomic E-state index is 13.4. The molecule has 1 saturated carbocycles. The van der Waals surface area contributed by atoms with E-state index in [1.165, 1.54) is 5.56 Å². The lowest BCUT2D eigenvalue weighted by Crippen LogP contribution is -2.51. The van der Waals surface area contributed by atoms with Gasteiger partial charge in [-0.3, -0.25) is 9.69 Å². The highest BCUT2D eigenvalue weighted by Crippen LogP contribution is 2.53. The van der Waals surface area contributed by atoms with E-state index < -0.39 is 0 Å². The Bertz CT molecular complexity index is 991. The first-order valence-electron chi connectivity index (χ1n) is 8.52. The average molecular weight is 367 g/mol. The smallest absolute Gasteiger partial charge is 0.264 e. The van der Waals surface area contributed by atoms with Gasteiger partial charge in [0.15, 0.2) is 5.13 Å². The fourth-order valence-corrected chi connectivity index (χ4v) is 6.50. The van der Waals surface area contributed by atoms with Crippen molar-refractivity contribution in [1.82, 2.24) is 9.97 Å². The summed E-state index contributed by atoms with van der Waals surface area (Å²) in [7, 11) is 0. The van der Waals surface area contributed by atoms with Gasteiger partial charge in [-0.25, -0.2) is 9.97 Å². The van der Waals surface area contributed by atoms with Crippen LogP contribution in [0.15, 0.2) is 41.6 Å². The summed E-state index contributed by atoms with van der Waals surface area (Å²) in [5.74, 6) is 0.0412. The molecule has 0 radical (unpaired) electrons. The van der Waals surface area contributed by atoms with Crippen molar-refractivity contribution < 1.29 is 4.79 Å². The number of amides is 1. The maximum absolute atomic E-state index is 13.4. The topological polar surface area (TPSA) is 46.1 Å². The van der Waals surface area contributed by atoms with Crippen LogP contribution < -0.4 is 4.90 Å². The van der Waals surface area contributed by atoms with Crippen LogP contribution in [0.3, 0.4) is 0 Å². The summed E-state index contributed by atoms with van der Waals surface area (Å²) in [4.78, 5) is 24.4. The van der Waals surface area contributed by atoms with Crippen LogP contribution in [-0.4, -0.2) is 20.7 Å². The highest BCUT2D eigenvalue weighted by Gasteiger charge is 2.49. The number of benzene rings is 1. The highest BCUT2D eigenvalue weighted by atomic mass is 32.2. The molecule has 0 atom stereocenters. The van der Waals surface area contributed by atoms with E-state index in [9.17, 15) is 4.79 Å². The summed E-state index contributed by atoms with van der Waals surface area (Å²) >= 11 is 3.36. The van der Waals surface area contributed by atoms with Crippen LogP contribution in [0, 0.1) is 6.92 Å². The van der Waals surface area contributed by atoms with E-state index in [4.69, 9.17) is 4.98 Å². The van der Waals surface area contributed by atoms with Gasteiger partial charge >= 0.3 is 0 Å². The molecule has 0 N–H and O–H groups in total. The number of hydrogen-bond donors (Lipinski definition) is 0. The molecule has 126 valence electrons. The molecule has 1 fully saturated rings. The van der Waals surface area contributed by atoms with Crippen molar-refractivity contribution in [2.75, 3.05) is 4.90 Å². The van der Waals surface area contributed by atoms with Crippen molar-refractivity contribution >= 4 is 44.4 Å². The molecule has 1 amide bonds. The Labute approximate surface area is 154 Å². The number of aryl methyl sites for hydroxylation is 1. The number of thioether (sulfide) groups is 1. The van der Waals surface area contributed by atoms with Gasteiger partial charge in [-0.1, -0.05) is 42.0 Å². The number of nitrogens with zero attached hydrogens (tertiary/aromatic N) is 3. The second-order valence-corrected chi connectivity index (χ2v) is 9.08. The van der Waals surface area contributed by atoms with Gasteiger partial charge < -0.3 is 0 Å². The number of thiazole rings is 1. The zero-order chi connectivity index (χ0) is 17.0. The monoisotopic (exact) mass is 367 g/mol. The van der Waals surface area contributed by atoms with Gasteiger partial charge in [0.2, 0.25) is 0 Å². The first-order chi connectivity index (χ1) is 12.2. The van der Waals surface area contributed by atoms with Crippen LogP contribution in [-0.2, 0) is 0 Å². The molecule has 2 aliphatic rings. The number of aromatic nitrogens is 2.